The maximum atomic E-state index is 5.87. The van der Waals surface area contributed by atoms with Gasteiger partial charge in [-0.2, -0.15) is 0 Å². The molecule has 0 N–H and O–H groups in total. The molecular formula is C18H20OS2. The average molecular weight is 316 g/mol. The van der Waals surface area contributed by atoms with Gasteiger partial charge in [-0.3, -0.25) is 0 Å². The lowest BCUT2D eigenvalue weighted by Crippen LogP contribution is -1.96. The van der Waals surface area contributed by atoms with Gasteiger partial charge in [-0.25, -0.2) is 0 Å². The number of ether oxygens (including phenoxy) is 1. The van der Waals surface area contributed by atoms with Crippen LogP contribution in [0.25, 0.3) is 0 Å². The average Bonchev–Trinajstić information content (AvgIpc) is 3.08. The van der Waals surface area contributed by atoms with Gasteiger partial charge < -0.3 is 4.74 Å². The van der Waals surface area contributed by atoms with Crippen molar-refractivity contribution < 1.29 is 4.74 Å². The predicted octanol–water partition coefficient (Wildman–Crippen LogP) is 5.31. The molecule has 1 saturated heterocycles. The fourth-order valence-electron chi connectivity index (χ4n) is 2.31. The first-order valence-corrected chi connectivity index (χ1v) is 9.48. The van der Waals surface area contributed by atoms with Crippen molar-refractivity contribution in [2.75, 3.05) is 11.5 Å². The molecule has 3 rings (SSSR count). The molecule has 0 unspecified atom stereocenters. The standard InChI is InChI=1S/C18H20OS2/c1-2-14-3-5-15(6-4-14)13-19-17-9-7-16(8-10-17)18-20-11-12-21-18/h3-10,18H,2,11-13H2,1H3. The summed E-state index contributed by atoms with van der Waals surface area (Å²) in [5.41, 5.74) is 4.00. The molecule has 1 aliphatic rings. The molecule has 0 atom stereocenters. The van der Waals surface area contributed by atoms with Crippen molar-refractivity contribution in [2.24, 2.45) is 0 Å². The van der Waals surface area contributed by atoms with E-state index in [9.17, 15) is 0 Å². The largest absolute Gasteiger partial charge is 0.489 e. The van der Waals surface area contributed by atoms with E-state index in [1.54, 1.807) is 0 Å². The molecule has 0 spiro atoms. The Hall–Kier alpha value is -1.06. The summed E-state index contributed by atoms with van der Waals surface area (Å²) in [6.45, 7) is 2.81. The monoisotopic (exact) mass is 316 g/mol. The predicted molar refractivity (Wildman–Crippen MR) is 94.3 cm³/mol. The summed E-state index contributed by atoms with van der Waals surface area (Å²) in [7, 11) is 0. The van der Waals surface area contributed by atoms with Crippen molar-refractivity contribution in [1.29, 1.82) is 0 Å². The molecule has 0 aliphatic carbocycles. The maximum Gasteiger partial charge on any atom is 0.119 e. The fraction of sp³-hybridized carbons (Fsp3) is 0.333. The minimum absolute atomic E-state index is 0.612. The van der Waals surface area contributed by atoms with Gasteiger partial charge >= 0.3 is 0 Å². The van der Waals surface area contributed by atoms with E-state index in [4.69, 9.17) is 4.74 Å². The number of hydrogen-bond acceptors (Lipinski definition) is 3. The SMILES string of the molecule is CCc1ccc(COc2ccc(C3SCCS3)cc2)cc1. The van der Waals surface area contributed by atoms with E-state index in [2.05, 4.69) is 55.5 Å². The second kappa shape index (κ2) is 7.28. The van der Waals surface area contributed by atoms with Crippen LogP contribution in [0.1, 0.15) is 28.2 Å². The second-order valence-corrected chi connectivity index (χ2v) is 7.83. The summed E-state index contributed by atoms with van der Waals surface area (Å²) >= 11 is 4.07. The lowest BCUT2D eigenvalue weighted by atomic mass is 10.1. The van der Waals surface area contributed by atoms with Gasteiger partial charge in [-0.05, 0) is 35.2 Å². The molecule has 21 heavy (non-hydrogen) atoms. The first-order chi connectivity index (χ1) is 10.3. The number of thioether (sulfide) groups is 2. The van der Waals surface area contributed by atoms with Gasteiger partial charge in [0.05, 0.1) is 4.58 Å². The molecule has 2 aromatic rings. The molecule has 1 nitrogen and oxygen atoms in total. The Balaban J connectivity index is 1.57. The first kappa shape index (κ1) is 14.9. The smallest absolute Gasteiger partial charge is 0.119 e. The molecule has 110 valence electrons. The zero-order valence-electron chi connectivity index (χ0n) is 12.2. The van der Waals surface area contributed by atoms with E-state index >= 15 is 0 Å². The van der Waals surface area contributed by atoms with Crippen LogP contribution < -0.4 is 4.74 Å². The van der Waals surface area contributed by atoms with Crippen molar-refractivity contribution in [3.63, 3.8) is 0 Å². The first-order valence-electron chi connectivity index (χ1n) is 7.39. The van der Waals surface area contributed by atoms with Crippen molar-refractivity contribution in [3.05, 3.63) is 65.2 Å². The Labute approximate surface area is 135 Å². The third-order valence-corrected chi connectivity index (χ3v) is 6.72. The van der Waals surface area contributed by atoms with Crippen LogP contribution in [-0.4, -0.2) is 11.5 Å². The van der Waals surface area contributed by atoms with Crippen LogP contribution in [-0.2, 0) is 13.0 Å². The lowest BCUT2D eigenvalue weighted by molar-refractivity contribution is 0.306. The Bertz CT molecular complexity index is 557. The molecule has 1 fully saturated rings. The minimum Gasteiger partial charge on any atom is -0.489 e. The third kappa shape index (κ3) is 3.98. The number of benzene rings is 2. The summed E-state index contributed by atoms with van der Waals surface area (Å²) < 4.78 is 6.48. The molecular weight excluding hydrogens is 296 g/mol. The van der Waals surface area contributed by atoms with Crippen LogP contribution in [0.2, 0.25) is 0 Å². The van der Waals surface area contributed by atoms with E-state index in [-0.39, 0.29) is 0 Å². The van der Waals surface area contributed by atoms with Crippen molar-refractivity contribution >= 4 is 23.5 Å². The fourth-order valence-corrected chi connectivity index (χ4v) is 5.17. The van der Waals surface area contributed by atoms with E-state index in [0.717, 1.165) is 12.2 Å². The van der Waals surface area contributed by atoms with Gasteiger partial charge in [-0.1, -0.05) is 43.3 Å². The van der Waals surface area contributed by atoms with Crippen LogP contribution in [0.3, 0.4) is 0 Å². The van der Waals surface area contributed by atoms with Crippen LogP contribution in [0.15, 0.2) is 48.5 Å². The number of aryl methyl sites for hydroxylation is 1. The molecule has 3 heteroatoms. The molecule has 0 amide bonds. The highest BCUT2D eigenvalue weighted by molar-refractivity contribution is 8.19. The molecule has 0 radical (unpaired) electrons. The Morgan fingerprint density at radius 2 is 1.52 bits per heavy atom. The summed E-state index contributed by atoms with van der Waals surface area (Å²) in [5.74, 6) is 3.48. The zero-order valence-corrected chi connectivity index (χ0v) is 13.9. The van der Waals surface area contributed by atoms with Crippen molar-refractivity contribution in [1.82, 2.24) is 0 Å². The summed E-state index contributed by atoms with van der Waals surface area (Å²) in [6.07, 6.45) is 1.08. The summed E-state index contributed by atoms with van der Waals surface area (Å²) in [4.78, 5) is 0. The molecule has 2 aromatic carbocycles. The van der Waals surface area contributed by atoms with Crippen LogP contribution in [0, 0.1) is 0 Å². The summed E-state index contributed by atoms with van der Waals surface area (Å²) in [5, 5.41) is 0. The van der Waals surface area contributed by atoms with Crippen LogP contribution in [0.4, 0.5) is 0 Å². The van der Waals surface area contributed by atoms with Crippen LogP contribution in [0.5, 0.6) is 5.75 Å². The molecule has 0 saturated carbocycles. The van der Waals surface area contributed by atoms with Gasteiger partial charge in [0.25, 0.3) is 0 Å². The number of hydrogen-bond donors (Lipinski definition) is 0. The second-order valence-electron chi connectivity index (χ2n) is 5.10. The van der Waals surface area contributed by atoms with E-state index in [1.165, 1.54) is 28.2 Å². The van der Waals surface area contributed by atoms with Crippen molar-refractivity contribution in [2.45, 2.75) is 24.5 Å². The van der Waals surface area contributed by atoms with Gasteiger partial charge in [0.15, 0.2) is 0 Å². The number of rotatable bonds is 5. The van der Waals surface area contributed by atoms with Crippen LogP contribution >= 0.6 is 23.5 Å². The minimum atomic E-state index is 0.612. The molecule has 1 aliphatic heterocycles. The quantitative estimate of drug-likeness (QED) is 0.740. The van der Waals surface area contributed by atoms with Gasteiger partial charge in [-0.15, -0.1) is 23.5 Å². The lowest BCUT2D eigenvalue weighted by Gasteiger charge is -2.10. The third-order valence-electron chi connectivity index (χ3n) is 3.61. The highest BCUT2D eigenvalue weighted by Crippen LogP contribution is 2.45. The molecule has 1 heterocycles. The molecule has 0 aromatic heterocycles. The Kier molecular flexibility index (Phi) is 5.15. The Morgan fingerprint density at radius 3 is 2.14 bits per heavy atom. The highest BCUT2D eigenvalue weighted by atomic mass is 32.2. The normalized spacial score (nSPS) is 15.3. The van der Waals surface area contributed by atoms with Gasteiger partial charge in [0.1, 0.15) is 12.4 Å². The van der Waals surface area contributed by atoms with E-state index in [0.29, 0.717) is 11.2 Å². The van der Waals surface area contributed by atoms with Gasteiger partial charge in [0, 0.05) is 11.5 Å². The van der Waals surface area contributed by atoms with E-state index in [1.807, 2.05) is 23.5 Å². The van der Waals surface area contributed by atoms with Gasteiger partial charge in [0.2, 0.25) is 0 Å². The zero-order chi connectivity index (χ0) is 14.5. The maximum absolute atomic E-state index is 5.87. The topological polar surface area (TPSA) is 9.23 Å². The van der Waals surface area contributed by atoms with Crippen molar-refractivity contribution in [3.8, 4) is 5.75 Å². The Morgan fingerprint density at radius 1 is 0.905 bits per heavy atom. The van der Waals surface area contributed by atoms with E-state index < -0.39 is 0 Å². The highest BCUT2D eigenvalue weighted by Gasteiger charge is 2.17. The molecule has 0 bridgehead atoms. The summed E-state index contributed by atoms with van der Waals surface area (Å²) in [6, 6.07) is 17.2.